The van der Waals surface area contributed by atoms with E-state index in [4.69, 9.17) is 0 Å². The summed E-state index contributed by atoms with van der Waals surface area (Å²) in [6.07, 6.45) is 11.9. The molecule has 3 fully saturated rings. The van der Waals surface area contributed by atoms with Gasteiger partial charge in [0.25, 0.3) is 0 Å². The molecule has 1 saturated carbocycles. The summed E-state index contributed by atoms with van der Waals surface area (Å²) in [6.45, 7) is 4.23. The zero-order valence-electron chi connectivity index (χ0n) is 17.6. The van der Waals surface area contributed by atoms with Crippen LogP contribution in [0.4, 0.5) is 0 Å². The summed E-state index contributed by atoms with van der Waals surface area (Å²) in [6, 6.07) is -0.348. The Morgan fingerprint density at radius 2 is 1.82 bits per heavy atom. The second kappa shape index (κ2) is 9.70. The van der Waals surface area contributed by atoms with Crippen molar-refractivity contribution < 1.29 is 13.8 Å². The first-order valence-electron chi connectivity index (χ1n) is 11.1. The van der Waals surface area contributed by atoms with Crippen molar-refractivity contribution in [3.05, 3.63) is 0 Å². The zero-order chi connectivity index (χ0) is 20.1. The maximum absolute atomic E-state index is 13.4. The van der Waals surface area contributed by atoms with Gasteiger partial charge in [0.1, 0.15) is 11.6 Å². The summed E-state index contributed by atoms with van der Waals surface area (Å²) < 4.78 is 11.6. The minimum atomic E-state index is -0.874. The fraction of sp³-hybridized carbons (Fsp3) is 0.905. The molecule has 1 unspecified atom stereocenters. The van der Waals surface area contributed by atoms with Crippen LogP contribution in [0.25, 0.3) is 0 Å². The summed E-state index contributed by atoms with van der Waals surface area (Å²) in [5.41, 5.74) is -0.707. The van der Waals surface area contributed by atoms with Gasteiger partial charge in [-0.25, -0.2) is 0 Å². The highest BCUT2D eigenvalue weighted by atomic mass is 32.2. The number of hydrogen-bond donors (Lipinski definition) is 1. The molecule has 0 radical (unpaired) electrons. The molecule has 3 aliphatic rings. The van der Waals surface area contributed by atoms with E-state index in [9.17, 15) is 13.8 Å². The van der Waals surface area contributed by atoms with Crippen LogP contribution in [-0.2, 0) is 20.4 Å². The minimum absolute atomic E-state index is 0.0429. The Labute approximate surface area is 172 Å². The molecule has 2 saturated heterocycles. The Morgan fingerprint density at radius 1 is 1.14 bits per heavy atom. The molecule has 6 nitrogen and oxygen atoms in total. The van der Waals surface area contributed by atoms with E-state index in [0.717, 1.165) is 32.4 Å². The Hall–Kier alpha value is -0.950. The third-order valence-electron chi connectivity index (χ3n) is 6.89. The van der Waals surface area contributed by atoms with E-state index in [-0.39, 0.29) is 17.9 Å². The highest BCUT2D eigenvalue weighted by Crippen LogP contribution is 2.35. The highest BCUT2D eigenvalue weighted by molar-refractivity contribution is 7.84. The number of unbranched alkanes of at least 4 members (excludes halogenated alkanes) is 1. The van der Waals surface area contributed by atoms with Crippen molar-refractivity contribution in [1.29, 1.82) is 0 Å². The first kappa shape index (κ1) is 21.8. The number of nitrogens with one attached hydrogen (secondary N) is 1. The number of hydrogen-bond acceptors (Lipinski definition) is 4. The highest BCUT2D eigenvalue weighted by Gasteiger charge is 2.53. The van der Waals surface area contributed by atoms with Gasteiger partial charge in [0.05, 0.1) is 5.88 Å². The maximum Gasteiger partial charge on any atom is 0.246 e. The Balaban J connectivity index is 1.72. The van der Waals surface area contributed by atoms with Crippen molar-refractivity contribution >= 4 is 22.6 Å². The molecule has 28 heavy (non-hydrogen) atoms. The predicted octanol–water partition coefficient (Wildman–Crippen LogP) is 2.25. The standard InChI is InChI=1S/C21H37N3O3S/c1-3-4-12-24-19(25)18(15-17-8-6-5-7-9-17)22-20(26)21(24)10-13-23(14-11-21)16-28(2)27/h17-18H,3-16H2,1-2H3,(H,22,26)/t18-,28?/m0/s1. The molecule has 2 aliphatic heterocycles. The number of likely N-dealkylation sites (tertiary alicyclic amines) is 1. The van der Waals surface area contributed by atoms with Crippen molar-refractivity contribution in [3.8, 4) is 0 Å². The lowest BCUT2D eigenvalue weighted by atomic mass is 9.79. The monoisotopic (exact) mass is 411 g/mol. The molecule has 1 spiro atoms. The Kier molecular flexibility index (Phi) is 7.54. The van der Waals surface area contributed by atoms with Gasteiger partial charge in [0.15, 0.2) is 0 Å². The van der Waals surface area contributed by atoms with E-state index in [1.54, 1.807) is 6.26 Å². The number of amides is 2. The van der Waals surface area contributed by atoms with E-state index in [0.29, 0.717) is 31.2 Å². The second-order valence-electron chi connectivity index (χ2n) is 8.96. The van der Waals surface area contributed by atoms with Crippen molar-refractivity contribution in [2.75, 3.05) is 31.8 Å². The molecule has 0 aromatic rings. The van der Waals surface area contributed by atoms with Crippen LogP contribution in [-0.4, -0.2) is 69.2 Å². The van der Waals surface area contributed by atoms with Crippen LogP contribution in [0.5, 0.6) is 0 Å². The lowest BCUT2D eigenvalue weighted by Crippen LogP contribution is -2.73. The summed E-state index contributed by atoms with van der Waals surface area (Å²) in [7, 11) is -0.874. The van der Waals surface area contributed by atoms with Gasteiger partial charge in [-0.05, 0) is 31.6 Å². The summed E-state index contributed by atoms with van der Waals surface area (Å²) >= 11 is 0. The largest absolute Gasteiger partial charge is 0.342 e. The number of piperazine rings is 1. The summed E-state index contributed by atoms with van der Waals surface area (Å²) in [5, 5.41) is 3.13. The van der Waals surface area contributed by atoms with Crippen LogP contribution in [0, 0.1) is 5.92 Å². The molecule has 1 aliphatic carbocycles. The third-order valence-corrected chi connectivity index (χ3v) is 7.61. The fourth-order valence-electron chi connectivity index (χ4n) is 5.24. The third kappa shape index (κ3) is 4.78. The van der Waals surface area contributed by atoms with Crippen LogP contribution in [0.1, 0.15) is 71.1 Å². The van der Waals surface area contributed by atoms with Crippen molar-refractivity contribution in [1.82, 2.24) is 15.1 Å². The van der Waals surface area contributed by atoms with Crippen LogP contribution < -0.4 is 5.32 Å². The van der Waals surface area contributed by atoms with Gasteiger partial charge in [-0.1, -0.05) is 45.4 Å². The average Bonchev–Trinajstić information content (AvgIpc) is 2.68. The normalized spacial score (nSPS) is 27.8. The van der Waals surface area contributed by atoms with E-state index < -0.39 is 16.3 Å². The van der Waals surface area contributed by atoms with Gasteiger partial charge in [0, 0.05) is 36.7 Å². The summed E-state index contributed by atoms with van der Waals surface area (Å²) in [5.74, 6) is 1.28. The number of carbonyl (C=O) groups is 2. The number of piperidine rings is 1. The van der Waals surface area contributed by atoms with Crippen LogP contribution in [0.15, 0.2) is 0 Å². The molecule has 0 aromatic heterocycles. The van der Waals surface area contributed by atoms with Crippen LogP contribution >= 0.6 is 0 Å². The van der Waals surface area contributed by atoms with Crippen molar-refractivity contribution in [2.24, 2.45) is 5.92 Å². The fourth-order valence-corrected chi connectivity index (χ4v) is 6.01. The lowest BCUT2D eigenvalue weighted by molar-refractivity contribution is -0.161. The summed E-state index contributed by atoms with van der Waals surface area (Å²) in [4.78, 5) is 30.8. The molecule has 2 atom stereocenters. The van der Waals surface area contributed by atoms with Gasteiger partial charge >= 0.3 is 0 Å². The second-order valence-corrected chi connectivity index (χ2v) is 10.4. The molecule has 160 valence electrons. The van der Waals surface area contributed by atoms with E-state index in [1.165, 1.54) is 32.1 Å². The molecule has 0 aromatic carbocycles. The topological polar surface area (TPSA) is 69.7 Å². The smallest absolute Gasteiger partial charge is 0.246 e. The molecule has 1 N–H and O–H groups in total. The van der Waals surface area contributed by atoms with Crippen LogP contribution in [0.2, 0.25) is 0 Å². The first-order valence-corrected chi connectivity index (χ1v) is 12.8. The quantitative estimate of drug-likeness (QED) is 0.698. The molecule has 7 heteroatoms. The molecule has 2 heterocycles. The van der Waals surface area contributed by atoms with Gasteiger partial charge in [0.2, 0.25) is 11.8 Å². The van der Waals surface area contributed by atoms with Crippen molar-refractivity contribution in [2.45, 2.75) is 82.7 Å². The van der Waals surface area contributed by atoms with Crippen LogP contribution in [0.3, 0.4) is 0 Å². The minimum Gasteiger partial charge on any atom is -0.342 e. The zero-order valence-corrected chi connectivity index (χ0v) is 18.4. The molecular formula is C21H37N3O3S. The first-order chi connectivity index (χ1) is 13.5. The molecule has 0 bridgehead atoms. The number of nitrogens with zero attached hydrogens (tertiary/aromatic N) is 2. The van der Waals surface area contributed by atoms with Gasteiger partial charge in [-0.15, -0.1) is 0 Å². The Morgan fingerprint density at radius 3 is 2.43 bits per heavy atom. The number of carbonyl (C=O) groups excluding carboxylic acids is 2. The Bertz CT molecular complexity index is 583. The van der Waals surface area contributed by atoms with E-state index in [1.807, 2.05) is 4.90 Å². The van der Waals surface area contributed by atoms with E-state index >= 15 is 0 Å². The van der Waals surface area contributed by atoms with Gasteiger partial charge in [-0.2, -0.15) is 0 Å². The molecular weight excluding hydrogens is 374 g/mol. The SMILES string of the molecule is CCCCN1C(=O)[C@H](CC2CCCCC2)NC(=O)C12CCN(CS(C)=O)CC2. The average molecular weight is 412 g/mol. The van der Waals surface area contributed by atoms with Gasteiger partial charge in [-0.3, -0.25) is 18.7 Å². The van der Waals surface area contributed by atoms with Crippen molar-refractivity contribution in [3.63, 3.8) is 0 Å². The lowest BCUT2D eigenvalue weighted by Gasteiger charge is -2.52. The number of rotatable bonds is 7. The molecule has 3 rings (SSSR count). The van der Waals surface area contributed by atoms with E-state index in [2.05, 4.69) is 17.1 Å². The van der Waals surface area contributed by atoms with Gasteiger partial charge < -0.3 is 10.2 Å². The maximum atomic E-state index is 13.4. The predicted molar refractivity (Wildman–Crippen MR) is 112 cm³/mol. The molecule has 2 amide bonds.